The van der Waals surface area contributed by atoms with Crippen molar-refractivity contribution in [2.75, 3.05) is 27.9 Å². The van der Waals surface area contributed by atoms with Gasteiger partial charge in [0.05, 0.1) is 43.5 Å². The number of hydrogen-bond donors (Lipinski definition) is 2. The molecule has 0 radical (unpaired) electrons. The second-order valence-electron chi connectivity index (χ2n) is 7.11. The first-order chi connectivity index (χ1) is 15.3. The summed E-state index contributed by atoms with van der Waals surface area (Å²) in [5.74, 6) is -1.41. The summed E-state index contributed by atoms with van der Waals surface area (Å²) in [4.78, 5) is 27.2. The molecule has 0 spiro atoms. The van der Waals surface area contributed by atoms with Gasteiger partial charge in [-0.15, -0.1) is 0 Å². The topological polar surface area (TPSA) is 106 Å². The van der Waals surface area contributed by atoms with Crippen LogP contribution in [-0.2, 0) is 9.59 Å². The SMILES string of the molecule is CCCN1C(=O)C(=O)/C(=C(/O)c2cc(Cl)c(OC)cc2OC)C1c1ccc(OC)c(O)c1. The van der Waals surface area contributed by atoms with E-state index in [4.69, 9.17) is 25.8 Å². The number of benzene rings is 2. The normalized spacial score (nSPS) is 17.5. The zero-order valence-electron chi connectivity index (χ0n) is 18.1. The van der Waals surface area contributed by atoms with Crippen LogP contribution >= 0.6 is 11.6 Å². The molecule has 1 amide bonds. The smallest absolute Gasteiger partial charge is 0.295 e. The molecule has 2 aromatic carbocycles. The fraction of sp³-hybridized carbons (Fsp3) is 0.304. The van der Waals surface area contributed by atoms with E-state index in [1.165, 1.54) is 50.5 Å². The third-order valence-electron chi connectivity index (χ3n) is 5.25. The van der Waals surface area contributed by atoms with Gasteiger partial charge >= 0.3 is 0 Å². The number of carbonyl (C=O) groups is 2. The van der Waals surface area contributed by atoms with Crippen LogP contribution in [0.25, 0.3) is 5.76 Å². The zero-order valence-corrected chi connectivity index (χ0v) is 18.9. The van der Waals surface area contributed by atoms with E-state index in [0.29, 0.717) is 17.7 Å². The van der Waals surface area contributed by atoms with Crippen molar-refractivity contribution in [3.05, 3.63) is 52.1 Å². The second kappa shape index (κ2) is 9.40. The molecule has 1 aliphatic rings. The van der Waals surface area contributed by atoms with Gasteiger partial charge in [0.2, 0.25) is 0 Å². The van der Waals surface area contributed by atoms with Gasteiger partial charge in [-0.2, -0.15) is 0 Å². The minimum Gasteiger partial charge on any atom is -0.507 e. The number of methoxy groups -OCH3 is 3. The lowest BCUT2D eigenvalue weighted by atomic mass is 9.94. The number of ether oxygens (including phenoxy) is 3. The summed E-state index contributed by atoms with van der Waals surface area (Å²) < 4.78 is 15.6. The van der Waals surface area contributed by atoms with Crippen molar-refractivity contribution in [1.29, 1.82) is 0 Å². The van der Waals surface area contributed by atoms with Crippen molar-refractivity contribution in [3.8, 4) is 23.0 Å². The Morgan fingerprint density at radius 3 is 2.25 bits per heavy atom. The molecule has 2 aromatic rings. The van der Waals surface area contributed by atoms with Crippen molar-refractivity contribution >= 4 is 29.1 Å². The molecule has 1 aliphatic heterocycles. The number of likely N-dealkylation sites (tertiary alicyclic amines) is 1. The van der Waals surface area contributed by atoms with Crippen LogP contribution in [0.2, 0.25) is 5.02 Å². The largest absolute Gasteiger partial charge is 0.507 e. The average molecular weight is 462 g/mol. The summed E-state index contributed by atoms with van der Waals surface area (Å²) in [7, 11) is 4.25. The third kappa shape index (κ3) is 3.93. The first kappa shape index (κ1) is 23.3. The molecule has 2 N–H and O–H groups in total. The number of amides is 1. The van der Waals surface area contributed by atoms with Crippen molar-refractivity contribution in [3.63, 3.8) is 0 Å². The maximum atomic E-state index is 13.0. The monoisotopic (exact) mass is 461 g/mol. The number of nitrogens with zero attached hydrogens (tertiary/aromatic N) is 1. The van der Waals surface area contributed by atoms with E-state index in [0.717, 1.165) is 0 Å². The number of aliphatic hydroxyl groups excluding tert-OH is 1. The van der Waals surface area contributed by atoms with Gasteiger partial charge in [-0.1, -0.05) is 24.6 Å². The number of hydrogen-bond acceptors (Lipinski definition) is 7. The summed E-state index contributed by atoms with van der Waals surface area (Å²) in [6.07, 6.45) is 0.587. The maximum absolute atomic E-state index is 13.0. The highest BCUT2D eigenvalue weighted by Gasteiger charge is 2.46. The second-order valence-corrected chi connectivity index (χ2v) is 7.52. The molecule has 8 nitrogen and oxygen atoms in total. The Labute approximate surface area is 190 Å². The Bertz CT molecular complexity index is 1100. The summed E-state index contributed by atoms with van der Waals surface area (Å²) in [5.41, 5.74) is 0.444. The van der Waals surface area contributed by atoms with Gasteiger partial charge in [0.25, 0.3) is 11.7 Å². The molecule has 0 aliphatic carbocycles. The summed E-state index contributed by atoms with van der Waals surface area (Å²) in [6, 6.07) is 6.53. The van der Waals surface area contributed by atoms with Crippen LogP contribution in [0, 0.1) is 0 Å². The molecule has 0 saturated carbocycles. The average Bonchev–Trinajstić information content (AvgIpc) is 3.03. The van der Waals surface area contributed by atoms with Crippen molar-refractivity contribution in [2.24, 2.45) is 0 Å². The van der Waals surface area contributed by atoms with Gasteiger partial charge < -0.3 is 29.3 Å². The van der Waals surface area contributed by atoms with Gasteiger partial charge in [0.1, 0.15) is 17.3 Å². The predicted molar refractivity (Wildman–Crippen MR) is 119 cm³/mol. The Kier molecular flexibility index (Phi) is 6.84. The maximum Gasteiger partial charge on any atom is 0.295 e. The van der Waals surface area contributed by atoms with Crippen LogP contribution in [0.4, 0.5) is 0 Å². The molecular weight excluding hydrogens is 438 g/mol. The number of rotatable bonds is 7. The number of phenols is 1. The molecule has 9 heteroatoms. The Morgan fingerprint density at radius 2 is 1.69 bits per heavy atom. The molecule has 0 aromatic heterocycles. The highest BCUT2D eigenvalue weighted by Crippen LogP contribution is 2.44. The van der Waals surface area contributed by atoms with Crippen LogP contribution in [-0.4, -0.2) is 54.7 Å². The fourth-order valence-corrected chi connectivity index (χ4v) is 4.01. The lowest BCUT2D eigenvalue weighted by Gasteiger charge is -2.25. The number of Topliss-reactive ketones (excluding diaryl/α,β-unsaturated/α-hetero) is 1. The molecule has 1 unspecified atom stereocenters. The predicted octanol–water partition coefficient (Wildman–Crippen LogP) is 3.90. The van der Waals surface area contributed by atoms with E-state index in [-0.39, 0.29) is 40.0 Å². The number of phenolic OH excluding ortho intramolecular Hbond substituents is 1. The van der Waals surface area contributed by atoms with Crippen molar-refractivity contribution in [1.82, 2.24) is 4.90 Å². The van der Waals surface area contributed by atoms with Gasteiger partial charge in [-0.25, -0.2) is 0 Å². The molecule has 0 bridgehead atoms. The van der Waals surface area contributed by atoms with Crippen molar-refractivity contribution < 1.29 is 34.0 Å². The van der Waals surface area contributed by atoms with Crippen LogP contribution in [0.5, 0.6) is 23.0 Å². The number of ketones is 1. The molecular formula is C23H24ClNO7. The molecule has 1 fully saturated rings. The van der Waals surface area contributed by atoms with Crippen molar-refractivity contribution in [2.45, 2.75) is 19.4 Å². The molecule has 170 valence electrons. The number of aliphatic hydroxyl groups is 1. The number of carbonyl (C=O) groups excluding carboxylic acids is 2. The van der Waals surface area contributed by atoms with Crippen LogP contribution in [0.15, 0.2) is 35.9 Å². The van der Waals surface area contributed by atoms with Gasteiger partial charge in [-0.05, 0) is 30.2 Å². The minimum absolute atomic E-state index is 0.132. The lowest BCUT2D eigenvalue weighted by molar-refractivity contribution is -0.139. The standard InChI is InChI=1S/C23H24ClNO7/c1-5-8-25-20(12-6-7-16(30-2)15(26)9-12)19(22(28)23(25)29)21(27)13-10-14(24)18(32-4)11-17(13)31-3/h6-7,9-11,20,26-27H,5,8H2,1-4H3/b21-19+. The number of halogens is 1. The van der Waals surface area contributed by atoms with Gasteiger partial charge in [-0.3, -0.25) is 9.59 Å². The minimum atomic E-state index is -0.919. The Morgan fingerprint density at radius 1 is 1.03 bits per heavy atom. The molecule has 1 saturated heterocycles. The summed E-state index contributed by atoms with van der Waals surface area (Å²) in [5, 5.41) is 21.7. The Balaban J connectivity index is 2.27. The molecule has 32 heavy (non-hydrogen) atoms. The molecule has 1 heterocycles. The van der Waals surface area contributed by atoms with E-state index in [9.17, 15) is 19.8 Å². The van der Waals surface area contributed by atoms with Crippen LogP contribution < -0.4 is 14.2 Å². The van der Waals surface area contributed by atoms with Crippen LogP contribution in [0.3, 0.4) is 0 Å². The van der Waals surface area contributed by atoms with Crippen LogP contribution in [0.1, 0.15) is 30.5 Å². The lowest BCUT2D eigenvalue weighted by Crippen LogP contribution is -2.30. The summed E-state index contributed by atoms with van der Waals surface area (Å²) in [6.45, 7) is 2.15. The number of aromatic hydroxyl groups is 1. The highest BCUT2D eigenvalue weighted by molar-refractivity contribution is 6.46. The first-order valence-corrected chi connectivity index (χ1v) is 10.2. The van der Waals surface area contributed by atoms with E-state index < -0.39 is 23.5 Å². The highest BCUT2D eigenvalue weighted by atomic mass is 35.5. The van der Waals surface area contributed by atoms with E-state index in [2.05, 4.69) is 0 Å². The molecule has 1 atom stereocenters. The van der Waals surface area contributed by atoms with E-state index in [1.807, 2.05) is 6.92 Å². The summed E-state index contributed by atoms with van der Waals surface area (Å²) >= 11 is 6.24. The van der Waals surface area contributed by atoms with Gasteiger partial charge in [0.15, 0.2) is 11.5 Å². The zero-order chi connectivity index (χ0) is 23.6. The van der Waals surface area contributed by atoms with E-state index >= 15 is 0 Å². The molecule has 3 rings (SSSR count). The Hall–Kier alpha value is -3.39. The third-order valence-corrected chi connectivity index (χ3v) is 5.55. The quantitative estimate of drug-likeness (QED) is 0.366. The fourth-order valence-electron chi connectivity index (χ4n) is 3.77. The van der Waals surface area contributed by atoms with Gasteiger partial charge in [0, 0.05) is 12.6 Å². The van der Waals surface area contributed by atoms with E-state index in [1.54, 1.807) is 6.07 Å². The first-order valence-electron chi connectivity index (χ1n) is 9.86.